The van der Waals surface area contributed by atoms with Crippen LogP contribution in [-0.4, -0.2) is 14.3 Å². The number of benzene rings is 1. The molecule has 3 aromatic rings. The van der Waals surface area contributed by atoms with Gasteiger partial charge in [-0.3, -0.25) is 4.79 Å². The predicted octanol–water partition coefficient (Wildman–Crippen LogP) is 4.47. The van der Waals surface area contributed by atoms with Gasteiger partial charge in [0.15, 0.2) is 0 Å². The summed E-state index contributed by atoms with van der Waals surface area (Å²) in [6.07, 6.45) is 1.67. The van der Waals surface area contributed by atoms with Crippen molar-refractivity contribution in [2.75, 3.05) is 0 Å². The Morgan fingerprint density at radius 3 is 2.79 bits per heavy atom. The number of sulfonamides is 1. The van der Waals surface area contributed by atoms with E-state index in [0.29, 0.717) is 0 Å². The average molecular weight is 497 g/mol. The van der Waals surface area contributed by atoms with Gasteiger partial charge < -0.3 is 5.32 Å². The van der Waals surface area contributed by atoms with Gasteiger partial charge in [0.1, 0.15) is 9.77 Å². The van der Waals surface area contributed by atoms with E-state index in [1.807, 2.05) is 35.7 Å². The number of halogens is 1. The van der Waals surface area contributed by atoms with Crippen LogP contribution < -0.4 is 10.0 Å². The molecule has 2 heterocycles. The summed E-state index contributed by atoms with van der Waals surface area (Å²) in [7, 11) is -3.77. The van der Waals surface area contributed by atoms with E-state index in [2.05, 4.69) is 26.0 Å². The number of fused-ring (bicyclic) bond motifs is 1. The summed E-state index contributed by atoms with van der Waals surface area (Å²) in [6.45, 7) is 0.209. The number of hydrogen-bond acceptors (Lipinski definition) is 5. The van der Waals surface area contributed by atoms with Crippen LogP contribution in [0.2, 0.25) is 0 Å². The summed E-state index contributed by atoms with van der Waals surface area (Å²) >= 11 is 6.17. The minimum atomic E-state index is -3.77. The van der Waals surface area contributed by atoms with Crippen molar-refractivity contribution in [1.29, 1.82) is 0 Å². The highest BCUT2D eigenvalue weighted by Gasteiger charge is 2.29. The summed E-state index contributed by atoms with van der Waals surface area (Å²) in [5.41, 5.74) is 2.28. The van der Waals surface area contributed by atoms with Gasteiger partial charge in [0.2, 0.25) is 10.0 Å². The normalized spacial score (nSPS) is 16.1. The second-order valence-corrected chi connectivity index (χ2v) is 10.9. The predicted molar refractivity (Wildman–Crippen MR) is 115 cm³/mol. The van der Waals surface area contributed by atoms with Crippen LogP contribution in [0.25, 0.3) is 0 Å². The number of amides is 1. The van der Waals surface area contributed by atoms with E-state index in [4.69, 9.17) is 0 Å². The lowest BCUT2D eigenvalue weighted by atomic mass is 10.1. The number of carbonyl (C=O) groups is 1. The molecule has 4 rings (SSSR count). The summed E-state index contributed by atoms with van der Waals surface area (Å²) in [4.78, 5) is 14.0. The zero-order valence-electron chi connectivity index (χ0n) is 14.6. The van der Waals surface area contributed by atoms with Crippen LogP contribution >= 0.6 is 38.6 Å². The van der Waals surface area contributed by atoms with Crippen molar-refractivity contribution in [2.24, 2.45) is 0 Å². The Bertz CT molecular complexity index is 1110. The van der Waals surface area contributed by atoms with Crippen LogP contribution in [0.3, 0.4) is 0 Å². The van der Waals surface area contributed by atoms with Gasteiger partial charge in [0, 0.05) is 15.9 Å². The molecule has 0 fully saturated rings. The van der Waals surface area contributed by atoms with E-state index in [9.17, 15) is 13.2 Å². The summed E-state index contributed by atoms with van der Waals surface area (Å²) in [6, 6.07) is 11.0. The highest BCUT2D eigenvalue weighted by Crippen LogP contribution is 2.36. The minimum Gasteiger partial charge on any atom is -0.344 e. The Labute approximate surface area is 180 Å². The molecule has 5 nitrogen and oxygen atoms in total. The average Bonchev–Trinajstić information content (AvgIpc) is 3.41. The Balaban J connectivity index is 1.51. The van der Waals surface area contributed by atoms with E-state index in [1.165, 1.54) is 23.0 Å². The lowest BCUT2D eigenvalue weighted by Gasteiger charge is -2.15. The number of thiophene rings is 2. The van der Waals surface area contributed by atoms with Crippen molar-refractivity contribution in [1.82, 2.24) is 10.0 Å². The molecule has 146 valence electrons. The standard InChI is InChI=1S/C19H17BrN2O3S3/c20-15-5-1-4-14-13(15)6-7-16(14)22-19(23)18-17(8-10-27-18)28(24,25)21-11-12-3-2-9-26-12/h1-5,8-10,16,21H,6-7,11H2,(H,22,23). The van der Waals surface area contributed by atoms with Crippen LogP contribution in [0.15, 0.2) is 56.5 Å². The monoisotopic (exact) mass is 496 g/mol. The first-order valence-electron chi connectivity index (χ1n) is 8.63. The van der Waals surface area contributed by atoms with E-state index in [0.717, 1.165) is 39.1 Å². The van der Waals surface area contributed by atoms with Crippen LogP contribution in [0.4, 0.5) is 0 Å². The van der Waals surface area contributed by atoms with Crippen LogP contribution in [0, 0.1) is 0 Å². The van der Waals surface area contributed by atoms with Gasteiger partial charge >= 0.3 is 0 Å². The maximum Gasteiger partial charge on any atom is 0.263 e. The second-order valence-electron chi connectivity index (χ2n) is 6.39. The first kappa shape index (κ1) is 19.8. The first-order valence-corrected chi connectivity index (χ1v) is 12.7. The maximum absolute atomic E-state index is 12.9. The molecule has 0 aliphatic heterocycles. The quantitative estimate of drug-likeness (QED) is 0.528. The van der Waals surface area contributed by atoms with Gasteiger partial charge in [-0.15, -0.1) is 22.7 Å². The number of hydrogen-bond donors (Lipinski definition) is 2. The molecule has 0 saturated carbocycles. The lowest BCUT2D eigenvalue weighted by Crippen LogP contribution is -2.29. The van der Waals surface area contributed by atoms with Gasteiger partial charge in [0.25, 0.3) is 5.91 Å². The van der Waals surface area contributed by atoms with E-state index in [-0.39, 0.29) is 28.3 Å². The zero-order chi connectivity index (χ0) is 19.7. The molecule has 0 spiro atoms. The van der Waals surface area contributed by atoms with Crippen molar-refractivity contribution in [3.63, 3.8) is 0 Å². The number of rotatable bonds is 6. The van der Waals surface area contributed by atoms with Crippen LogP contribution in [0.1, 0.15) is 38.1 Å². The molecule has 2 aromatic heterocycles. The topological polar surface area (TPSA) is 75.3 Å². The summed E-state index contributed by atoms with van der Waals surface area (Å²) < 4.78 is 29.0. The van der Waals surface area contributed by atoms with E-state index in [1.54, 1.807) is 5.38 Å². The Kier molecular flexibility index (Phi) is 5.71. The fraction of sp³-hybridized carbons (Fsp3) is 0.211. The van der Waals surface area contributed by atoms with Gasteiger partial charge in [0.05, 0.1) is 6.04 Å². The van der Waals surface area contributed by atoms with Gasteiger partial charge in [-0.1, -0.05) is 34.1 Å². The third-order valence-corrected chi connectivity index (χ3v) is 8.77. The maximum atomic E-state index is 12.9. The number of carbonyl (C=O) groups excluding carboxylic acids is 1. The van der Waals surface area contributed by atoms with Gasteiger partial charge in [-0.25, -0.2) is 13.1 Å². The molecule has 0 radical (unpaired) electrons. The molecule has 1 aromatic carbocycles. The fourth-order valence-corrected chi connectivity index (χ4v) is 6.97. The van der Waals surface area contributed by atoms with Gasteiger partial charge in [-0.05, 0) is 52.9 Å². The Hall–Kier alpha value is -1.52. The largest absolute Gasteiger partial charge is 0.344 e. The van der Waals surface area contributed by atoms with Crippen LogP contribution in [-0.2, 0) is 23.0 Å². The van der Waals surface area contributed by atoms with Crippen LogP contribution in [0.5, 0.6) is 0 Å². The smallest absolute Gasteiger partial charge is 0.263 e. The molecular formula is C19H17BrN2O3S3. The molecule has 1 aliphatic rings. The third-order valence-electron chi connectivity index (χ3n) is 4.66. The van der Waals surface area contributed by atoms with Crippen molar-refractivity contribution in [3.8, 4) is 0 Å². The summed E-state index contributed by atoms with van der Waals surface area (Å²) in [5.74, 6) is -0.357. The first-order chi connectivity index (χ1) is 13.5. The van der Waals surface area contributed by atoms with Crippen molar-refractivity contribution in [3.05, 3.63) is 72.5 Å². The molecule has 9 heteroatoms. The molecule has 1 atom stereocenters. The third kappa shape index (κ3) is 3.95. The van der Waals surface area contributed by atoms with Gasteiger partial charge in [-0.2, -0.15) is 0 Å². The van der Waals surface area contributed by atoms with E-state index < -0.39 is 10.0 Å². The summed E-state index contributed by atoms with van der Waals surface area (Å²) in [5, 5.41) is 6.53. The Morgan fingerprint density at radius 2 is 2.00 bits per heavy atom. The minimum absolute atomic E-state index is 0.0269. The highest BCUT2D eigenvalue weighted by molar-refractivity contribution is 9.10. The Morgan fingerprint density at radius 1 is 1.14 bits per heavy atom. The second kappa shape index (κ2) is 8.08. The van der Waals surface area contributed by atoms with Crippen molar-refractivity contribution < 1.29 is 13.2 Å². The molecule has 0 bridgehead atoms. The van der Waals surface area contributed by atoms with Crippen molar-refractivity contribution in [2.45, 2.75) is 30.3 Å². The fourth-order valence-electron chi connectivity index (χ4n) is 3.32. The molecular weight excluding hydrogens is 480 g/mol. The molecule has 2 N–H and O–H groups in total. The molecule has 1 unspecified atom stereocenters. The molecule has 28 heavy (non-hydrogen) atoms. The molecule has 1 amide bonds. The van der Waals surface area contributed by atoms with E-state index >= 15 is 0 Å². The van der Waals surface area contributed by atoms with Crippen molar-refractivity contribution >= 4 is 54.5 Å². The molecule has 0 saturated heterocycles. The highest BCUT2D eigenvalue weighted by atomic mass is 79.9. The zero-order valence-corrected chi connectivity index (χ0v) is 18.7. The molecule has 1 aliphatic carbocycles. The number of nitrogens with one attached hydrogen (secondary N) is 2. The SMILES string of the molecule is O=C(NC1CCc2c(Br)cccc21)c1sccc1S(=O)(=O)NCc1cccs1. The lowest BCUT2D eigenvalue weighted by molar-refractivity contribution is 0.0938.